The standard InChI is InChI=1S/C15H17N3O5S/c1-3-23-11-6-9(4-5-10(11)22-2)8-16-18-15-17-14(21)12(24-15)7-13(19)20/h4-6,8,12H,3,7H2,1-2H3,(H,19,20)(H,17,18,21)/b16-8-/t12-/m0/s1. The first-order valence-electron chi connectivity index (χ1n) is 7.14. The summed E-state index contributed by atoms with van der Waals surface area (Å²) >= 11 is 1.05. The zero-order valence-electron chi connectivity index (χ0n) is 13.2. The molecule has 1 amide bonds. The van der Waals surface area contributed by atoms with Gasteiger partial charge >= 0.3 is 5.97 Å². The van der Waals surface area contributed by atoms with Crippen LogP contribution in [-0.2, 0) is 9.59 Å². The second-order valence-electron chi connectivity index (χ2n) is 4.69. The maximum atomic E-state index is 11.6. The molecule has 0 spiro atoms. The molecule has 1 aliphatic rings. The fourth-order valence-corrected chi connectivity index (χ4v) is 2.85. The van der Waals surface area contributed by atoms with Gasteiger partial charge in [-0.3, -0.25) is 9.59 Å². The molecular formula is C15H17N3O5S. The second kappa shape index (κ2) is 8.34. The van der Waals surface area contributed by atoms with Crippen LogP contribution in [0.15, 0.2) is 28.4 Å². The first kappa shape index (κ1) is 17.8. The van der Waals surface area contributed by atoms with E-state index in [4.69, 9.17) is 14.6 Å². The molecular weight excluding hydrogens is 334 g/mol. The molecule has 1 aliphatic heterocycles. The molecule has 0 unspecified atom stereocenters. The lowest BCUT2D eigenvalue weighted by Gasteiger charge is -2.09. The summed E-state index contributed by atoms with van der Waals surface area (Å²) in [6.07, 6.45) is 1.25. The van der Waals surface area contributed by atoms with Crippen molar-refractivity contribution >= 4 is 35.0 Å². The number of hydrogen-bond donors (Lipinski definition) is 2. The molecule has 0 aromatic heterocycles. The van der Waals surface area contributed by atoms with Gasteiger partial charge in [-0.25, -0.2) is 0 Å². The van der Waals surface area contributed by atoms with Crippen molar-refractivity contribution in [2.24, 2.45) is 10.2 Å². The number of carboxylic acids is 1. The number of carbonyl (C=O) groups is 2. The number of carbonyl (C=O) groups excluding carboxylic acids is 1. The molecule has 1 heterocycles. The molecule has 1 saturated heterocycles. The number of amidine groups is 1. The first-order valence-corrected chi connectivity index (χ1v) is 8.02. The summed E-state index contributed by atoms with van der Waals surface area (Å²) in [5.74, 6) is -0.189. The lowest BCUT2D eigenvalue weighted by atomic mass is 10.2. The van der Waals surface area contributed by atoms with Crippen LogP contribution in [0.25, 0.3) is 0 Å². The van der Waals surface area contributed by atoms with E-state index in [1.54, 1.807) is 25.3 Å². The summed E-state index contributed by atoms with van der Waals surface area (Å²) < 4.78 is 10.7. The van der Waals surface area contributed by atoms with E-state index in [9.17, 15) is 9.59 Å². The normalized spacial score (nSPS) is 18.8. The Labute approximate surface area is 142 Å². The molecule has 1 aromatic carbocycles. The van der Waals surface area contributed by atoms with E-state index in [0.717, 1.165) is 17.3 Å². The summed E-state index contributed by atoms with van der Waals surface area (Å²) in [4.78, 5) is 22.2. The van der Waals surface area contributed by atoms with Gasteiger partial charge in [-0.05, 0) is 30.7 Å². The van der Waals surface area contributed by atoms with Gasteiger partial charge in [-0.2, -0.15) is 5.10 Å². The van der Waals surface area contributed by atoms with Crippen molar-refractivity contribution < 1.29 is 24.2 Å². The van der Waals surface area contributed by atoms with Crippen molar-refractivity contribution in [3.63, 3.8) is 0 Å². The quantitative estimate of drug-likeness (QED) is 0.569. The summed E-state index contributed by atoms with van der Waals surface area (Å²) in [5, 5.41) is 18.6. The average molecular weight is 351 g/mol. The fourth-order valence-electron chi connectivity index (χ4n) is 1.94. The predicted molar refractivity (Wildman–Crippen MR) is 91.0 cm³/mol. The predicted octanol–water partition coefficient (Wildman–Crippen LogP) is 1.49. The summed E-state index contributed by atoms with van der Waals surface area (Å²) in [6, 6.07) is 5.31. The SMILES string of the molecule is CCOc1cc(/C=N\N=C2/NC(=O)[C@H](CC(=O)O)S2)ccc1OC. The number of amides is 1. The van der Waals surface area contributed by atoms with Crippen molar-refractivity contribution in [3.8, 4) is 11.5 Å². The molecule has 0 bridgehead atoms. The van der Waals surface area contributed by atoms with Crippen molar-refractivity contribution in [2.45, 2.75) is 18.6 Å². The number of nitrogens with one attached hydrogen (secondary N) is 1. The molecule has 1 aromatic rings. The van der Waals surface area contributed by atoms with Gasteiger partial charge in [0.05, 0.1) is 26.4 Å². The minimum atomic E-state index is -1.03. The molecule has 24 heavy (non-hydrogen) atoms. The van der Waals surface area contributed by atoms with Crippen LogP contribution < -0.4 is 14.8 Å². The van der Waals surface area contributed by atoms with Gasteiger partial charge in [0.25, 0.3) is 0 Å². The number of hydrogen-bond acceptors (Lipinski definition) is 7. The molecule has 1 atom stereocenters. The number of rotatable bonds is 7. The van der Waals surface area contributed by atoms with Crippen molar-refractivity contribution in [3.05, 3.63) is 23.8 Å². The third-order valence-corrected chi connectivity index (χ3v) is 4.05. The van der Waals surface area contributed by atoms with E-state index < -0.39 is 11.2 Å². The Hall–Kier alpha value is -2.55. The summed E-state index contributed by atoms with van der Waals surface area (Å²) in [5.41, 5.74) is 0.750. The highest BCUT2D eigenvalue weighted by Crippen LogP contribution is 2.27. The Kier molecular flexibility index (Phi) is 6.19. The molecule has 2 rings (SSSR count). The smallest absolute Gasteiger partial charge is 0.305 e. The van der Waals surface area contributed by atoms with E-state index >= 15 is 0 Å². The average Bonchev–Trinajstić information content (AvgIpc) is 2.87. The molecule has 0 aliphatic carbocycles. The Morgan fingerprint density at radius 3 is 2.92 bits per heavy atom. The van der Waals surface area contributed by atoms with Crippen LogP contribution in [0, 0.1) is 0 Å². The number of carboxylic acid groups (broad SMARTS) is 1. The lowest BCUT2D eigenvalue weighted by Crippen LogP contribution is -2.26. The largest absolute Gasteiger partial charge is 0.493 e. The van der Waals surface area contributed by atoms with E-state index in [2.05, 4.69) is 15.5 Å². The molecule has 0 radical (unpaired) electrons. The van der Waals surface area contributed by atoms with Gasteiger partial charge in [0.2, 0.25) is 5.91 Å². The highest BCUT2D eigenvalue weighted by molar-refractivity contribution is 8.15. The van der Waals surface area contributed by atoms with Crippen LogP contribution >= 0.6 is 11.8 Å². The molecule has 128 valence electrons. The zero-order valence-corrected chi connectivity index (χ0v) is 14.0. The van der Waals surface area contributed by atoms with Crippen LogP contribution in [-0.4, -0.2) is 47.3 Å². The molecule has 1 fully saturated rings. The molecule has 2 N–H and O–H groups in total. The Morgan fingerprint density at radius 1 is 1.46 bits per heavy atom. The van der Waals surface area contributed by atoms with Gasteiger partial charge in [0.15, 0.2) is 16.7 Å². The maximum absolute atomic E-state index is 11.6. The Balaban J connectivity index is 2.05. The van der Waals surface area contributed by atoms with Crippen LogP contribution in [0.3, 0.4) is 0 Å². The highest BCUT2D eigenvalue weighted by atomic mass is 32.2. The Morgan fingerprint density at radius 2 is 2.25 bits per heavy atom. The second-order valence-corrected chi connectivity index (χ2v) is 5.88. The topological polar surface area (TPSA) is 110 Å². The molecule has 0 saturated carbocycles. The first-order chi connectivity index (χ1) is 11.5. The number of thioether (sulfide) groups is 1. The number of aliphatic carboxylic acids is 1. The highest BCUT2D eigenvalue weighted by Gasteiger charge is 2.32. The van der Waals surface area contributed by atoms with E-state index in [0.29, 0.717) is 18.1 Å². The minimum Gasteiger partial charge on any atom is -0.493 e. The van der Waals surface area contributed by atoms with Crippen molar-refractivity contribution in [1.29, 1.82) is 0 Å². The monoisotopic (exact) mass is 351 g/mol. The van der Waals surface area contributed by atoms with E-state index in [-0.39, 0.29) is 17.5 Å². The van der Waals surface area contributed by atoms with Gasteiger partial charge < -0.3 is 19.9 Å². The zero-order chi connectivity index (χ0) is 17.5. The van der Waals surface area contributed by atoms with Crippen LogP contribution in [0.2, 0.25) is 0 Å². The molecule has 8 nitrogen and oxygen atoms in total. The number of ether oxygens (including phenoxy) is 2. The van der Waals surface area contributed by atoms with Crippen molar-refractivity contribution in [2.75, 3.05) is 13.7 Å². The minimum absolute atomic E-state index is 0.255. The fraction of sp³-hybridized carbons (Fsp3) is 0.333. The van der Waals surface area contributed by atoms with Gasteiger partial charge in [0.1, 0.15) is 5.25 Å². The van der Waals surface area contributed by atoms with E-state index in [1.165, 1.54) is 6.21 Å². The van der Waals surface area contributed by atoms with Crippen molar-refractivity contribution in [1.82, 2.24) is 5.32 Å². The Bertz CT molecular complexity index is 690. The summed E-state index contributed by atoms with van der Waals surface area (Å²) in [6.45, 7) is 2.38. The van der Waals surface area contributed by atoms with Gasteiger partial charge in [-0.15, -0.1) is 5.10 Å². The third kappa shape index (κ3) is 4.72. The lowest BCUT2D eigenvalue weighted by molar-refractivity contribution is -0.138. The molecule has 9 heteroatoms. The van der Waals surface area contributed by atoms with Crippen LogP contribution in [0.1, 0.15) is 18.9 Å². The van der Waals surface area contributed by atoms with Crippen LogP contribution in [0.4, 0.5) is 0 Å². The van der Waals surface area contributed by atoms with Crippen LogP contribution in [0.5, 0.6) is 11.5 Å². The number of methoxy groups -OCH3 is 1. The number of benzene rings is 1. The van der Waals surface area contributed by atoms with E-state index in [1.807, 2.05) is 6.92 Å². The van der Waals surface area contributed by atoms with Gasteiger partial charge in [-0.1, -0.05) is 11.8 Å². The number of nitrogens with zero attached hydrogens (tertiary/aromatic N) is 2. The van der Waals surface area contributed by atoms with Gasteiger partial charge in [0, 0.05) is 0 Å². The summed E-state index contributed by atoms with van der Waals surface area (Å²) in [7, 11) is 1.56. The maximum Gasteiger partial charge on any atom is 0.305 e. The third-order valence-electron chi connectivity index (χ3n) is 2.98.